The molecule has 0 aliphatic carbocycles. The molecule has 1 aromatic heterocycles. The highest BCUT2D eigenvalue weighted by Gasteiger charge is 2.25. The van der Waals surface area contributed by atoms with Crippen molar-refractivity contribution in [1.82, 2.24) is 14.9 Å². The molecule has 2 heterocycles. The van der Waals surface area contributed by atoms with E-state index >= 15 is 0 Å². The monoisotopic (exact) mass is 301 g/mol. The zero-order valence-corrected chi connectivity index (χ0v) is 12.7. The van der Waals surface area contributed by atoms with Crippen LogP contribution in [-0.2, 0) is 0 Å². The number of aromatic nitrogens is 2. The molecule has 0 N–H and O–H groups in total. The van der Waals surface area contributed by atoms with Crippen LogP contribution in [0.1, 0.15) is 23.9 Å². The minimum atomic E-state index is -0.243. The fraction of sp³-hybridized carbons (Fsp3) is 0.412. The quantitative estimate of drug-likeness (QED) is 0.851. The van der Waals surface area contributed by atoms with Crippen molar-refractivity contribution in [3.8, 4) is 5.75 Å². The summed E-state index contributed by atoms with van der Waals surface area (Å²) in [5.74, 6) is 1.82. The second-order valence-corrected chi connectivity index (χ2v) is 5.64. The first-order valence-electron chi connectivity index (χ1n) is 7.61. The molecule has 1 saturated heterocycles. The number of halogens is 1. The number of hydrogen-bond donors (Lipinski definition) is 0. The van der Waals surface area contributed by atoms with Crippen molar-refractivity contribution in [2.45, 2.75) is 19.3 Å². The van der Waals surface area contributed by atoms with E-state index in [1.807, 2.05) is 19.2 Å². The van der Waals surface area contributed by atoms with E-state index in [4.69, 9.17) is 4.74 Å². The van der Waals surface area contributed by atoms with Gasteiger partial charge in [-0.15, -0.1) is 0 Å². The zero-order valence-electron chi connectivity index (χ0n) is 12.7. The average molecular weight is 301 g/mol. The predicted octanol–water partition coefficient (Wildman–Crippen LogP) is 2.79. The van der Waals surface area contributed by atoms with Gasteiger partial charge in [0.2, 0.25) is 0 Å². The van der Waals surface area contributed by atoms with Gasteiger partial charge in [0.15, 0.2) is 0 Å². The van der Waals surface area contributed by atoms with Crippen molar-refractivity contribution in [3.05, 3.63) is 53.9 Å². The third-order valence-corrected chi connectivity index (χ3v) is 3.94. The lowest BCUT2D eigenvalue weighted by molar-refractivity contribution is 0.235. The highest BCUT2D eigenvalue weighted by Crippen LogP contribution is 2.24. The molecule has 4 nitrogen and oxygen atoms in total. The molecule has 1 aliphatic rings. The molecule has 3 rings (SSSR count). The molecule has 1 fully saturated rings. The van der Waals surface area contributed by atoms with E-state index in [-0.39, 0.29) is 5.82 Å². The van der Waals surface area contributed by atoms with Gasteiger partial charge in [0.25, 0.3) is 0 Å². The molecule has 22 heavy (non-hydrogen) atoms. The van der Waals surface area contributed by atoms with Crippen LogP contribution in [0.25, 0.3) is 0 Å². The Kier molecular flexibility index (Phi) is 4.63. The lowest BCUT2D eigenvalue weighted by atomic mass is 10.1. The van der Waals surface area contributed by atoms with Gasteiger partial charge in [-0.25, -0.2) is 14.4 Å². The lowest BCUT2D eigenvalue weighted by Gasteiger charge is -2.16. The van der Waals surface area contributed by atoms with Gasteiger partial charge in [-0.3, -0.25) is 4.90 Å². The molecule has 1 unspecified atom stereocenters. The Morgan fingerprint density at radius 3 is 2.86 bits per heavy atom. The number of hydrogen-bond acceptors (Lipinski definition) is 4. The summed E-state index contributed by atoms with van der Waals surface area (Å²) in [5.41, 5.74) is 1.02. The van der Waals surface area contributed by atoms with Gasteiger partial charge in [-0.05, 0) is 50.2 Å². The van der Waals surface area contributed by atoms with Gasteiger partial charge in [0.05, 0.1) is 0 Å². The van der Waals surface area contributed by atoms with Crippen molar-refractivity contribution in [3.63, 3.8) is 0 Å². The van der Waals surface area contributed by atoms with E-state index < -0.39 is 0 Å². The summed E-state index contributed by atoms with van der Waals surface area (Å²) in [6, 6.07) is 8.06. The Hall–Kier alpha value is -2.01. The SMILES string of the molecule is Cc1ccnc(C2CCN(CCOc3ccc(F)cc3)C2)n1. The van der Waals surface area contributed by atoms with E-state index in [0.29, 0.717) is 18.3 Å². The number of nitrogens with zero attached hydrogens (tertiary/aromatic N) is 3. The van der Waals surface area contributed by atoms with Gasteiger partial charge in [0.1, 0.15) is 24.0 Å². The van der Waals surface area contributed by atoms with Crippen molar-refractivity contribution in [2.24, 2.45) is 0 Å². The third kappa shape index (κ3) is 3.80. The number of benzene rings is 1. The molecule has 1 atom stereocenters. The zero-order chi connectivity index (χ0) is 15.4. The highest BCUT2D eigenvalue weighted by molar-refractivity contribution is 5.22. The maximum absolute atomic E-state index is 12.8. The van der Waals surface area contributed by atoms with E-state index in [1.165, 1.54) is 12.1 Å². The first kappa shape index (κ1) is 14.9. The first-order chi connectivity index (χ1) is 10.7. The molecule has 2 aromatic rings. The van der Waals surface area contributed by atoms with E-state index in [0.717, 1.165) is 37.6 Å². The number of aryl methyl sites for hydroxylation is 1. The Morgan fingerprint density at radius 2 is 2.09 bits per heavy atom. The van der Waals surface area contributed by atoms with Gasteiger partial charge >= 0.3 is 0 Å². The minimum Gasteiger partial charge on any atom is -0.492 e. The maximum atomic E-state index is 12.8. The van der Waals surface area contributed by atoms with Crippen LogP contribution in [0.4, 0.5) is 4.39 Å². The molecule has 0 amide bonds. The smallest absolute Gasteiger partial charge is 0.132 e. The fourth-order valence-electron chi connectivity index (χ4n) is 2.73. The summed E-state index contributed by atoms with van der Waals surface area (Å²) in [4.78, 5) is 11.3. The third-order valence-electron chi connectivity index (χ3n) is 3.94. The summed E-state index contributed by atoms with van der Waals surface area (Å²) in [5, 5.41) is 0. The second-order valence-electron chi connectivity index (χ2n) is 5.64. The van der Waals surface area contributed by atoms with Crippen LogP contribution in [0.15, 0.2) is 36.5 Å². The minimum absolute atomic E-state index is 0.243. The van der Waals surface area contributed by atoms with Gasteiger partial charge < -0.3 is 4.74 Å². The summed E-state index contributed by atoms with van der Waals surface area (Å²) < 4.78 is 18.5. The second kappa shape index (κ2) is 6.83. The summed E-state index contributed by atoms with van der Waals surface area (Å²) in [7, 11) is 0. The molecule has 5 heteroatoms. The van der Waals surface area contributed by atoms with Crippen molar-refractivity contribution in [1.29, 1.82) is 0 Å². The van der Waals surface area contributed by atoms with Crippen LogP contribution in [0.5, 0.6) is 5.75 Å². The van der Waals surface area contributed by atoms with Crippen molar-refractivity contribution < 1.29 is 9.13 Å². The number of likely N-dealkylation sites (tertiary alicyclic amines) is 1. The topological polar surface area (TPSA) is 38.2 Å². The van der Waals surface area contributed by atoms with Crippen molar-refractivity contribution >= 4 is 0 Å². The molecule has 0 saturated carbocycles. The lowest BCUT2D eigenvalue weighted by Crippen LogP contribution is -2.26. The Labute approximate surface area is 130 Å². The average Bonchev–Trinajstić information content (AvgIpc) is 2.98. The Morgan fingerprint density at radius 1 is 1.27 bits per heavy atom. The van der Waals surface area contributed by atoms with Crippen LogP contribution in [-0.4, -0.2) is 41.1 Å². The van der Waals surface area contributed by atoms with E-state index in [2.05, 4.69) is 14.9 Å². The molecular formula is C17H20FN3O. The van der Waals surface area contributed by atoms with Crippen LogP contribution in [0.3, 0.4) is 0 Å². The van der Waals surface area contributed by atoms with Crippen LogP contribution >= 0.6 is 0 Å². The molecule has 0 spiro atoms. The van der Waals surface area contributed by atoms with E-state index in [1.54, 1.807) is 12.1 Å². The molecule has 116 valence electrons. The maximum Gasteiger partial charge on any atom is 0.132 e. The summed E-state index contributed by atoms with van der Waals surface area (Å²) >= 11 is 0. The Balaban J connectivity index is 1.46. The van der Waals surface area contributed by atoms with E-state index in [9.17, 15) is 4.39 Å². The van der Waals surface area contributed by atoms with Gasteiger partial charge in [-0.2, -0.15) is 0 Å². The number of rotatable bonds is 5. The molecule has 0 bridgehead atoms. The summed E-state index contributed by atoms with van der Waals surface area (Å²) in [6.07, 6.45) is 2.91. The standard InChI is InChI=1S/C17H20FN3O/c1-13-6-8-19-17(20-13)14-7-9-21(12-14)10-11-22-16-4-2-15(18)3-5-16/h2-6,8,14H,7,9-12H2,1H3. The highest BCUT2D eigenvalue weighted by atomic mass is 19.1. The molecule has 1 aliphatic heterocycles. The number of ether oxygens (including phenoxy) is 1. The van der Waals surface area contributed by atoms with Gasteiger partial charge in [0, 0.05) is 30.9 Å². The molecule has 0 radical (unpaired) electrons. The normalized spacial score (nSPS) is 18.5. The summed E-state index contributed by atoms with van der Waals surface area (Å²) in [6.45, 7) is 5.46. The van der Waals surface area contributed by atoms with Crippen molar-refractivity contribution in [2.75, 3.05) is 26.2 Å². The van der Waals surface area contributed by atoms with Crippen LogP contribution in [0.2, 0.25) is 0 Å². The van der Waals surface area contributed by atoms with Crippen LogP contribution < -0.4 is 4.74 Å². The van der Waals surface area contributed by atoms with Gasteiger partial charge in [-0.1, -0.05) is 0 Å². The van der Waals surface area contributed by atoms with Crippen LogP contribution in [0, 0.1) is 12.7 Å². The Bertz CT molecular complexity index is 618. The molecular weight excluding hydrogens is 281 g/mol. The fourth-order valence-corrected chi connectivity index (χ4v) is 2.73. The predicted molar refractivity (Wildman–Crippen MR) is 82.5 cm³/mol. The molecule has 1 aromatic carbocycles. The largest absolute Gasteiger partial charge is 0.492 e. The first-order valence-corrected chi connectivity index (χ1v) is 7.61.